The number of pyridine rings is 1. The average molecular weight is 447 g/mol. The third-order valence-electron chi connectivity index (χ3n) is 6.53. The van der Waals surface area contributed by atoms with Gasteiger partial charge in [0.15, 0.2) is 17.2 Å². The van der Waals surface area contributed by atoms with Crippen molar-refractivity contribution < 1.29 is 14.3 Å². The standard InChI is InChI=1S/C26H30N4O3/c1-2-13-30-22-10-8-18(5-3-6-19-7-4-12-27-16-19)14-21(22)25(29-30)26(31)28-20-9-11-23-24(15-20)33-17-32-23/h4,7,9,11-12,15-16,18H,2-3,5-6,8,10,13-14,17H2,1H3,(H,28,31). The Hall–Kier alpha value is -3.35. The van der Waals surface area contributed by atoms with Crippen LogP contribution >= 0.6 is 0 Å². The number of rotatable bonds is 8. The van der Waals surface area contributed by atoms with Gasteiger partial charge in [-0.3, -0.25) is 14.5 Å². The largest absolute Gasteiger partial charge is 0.454 e. The van der Waals surface area contributed by atoms with Gasteiger partial charge >= 0.3 is 0 Å². The van der Waals surface area contributed by atoms with Crippen molar-refractivity contribution in [2.75, 3.05) is 12.1 Å². The summed E-state index contributed by atoms with van der Waals surface area (Å²) in [6.45, 7) is 3.19. The van der Waals surface area contributed by atoms with Crippen LogP contribution in [-0.4, -0.2) is 27.5 Å². The average Bonchev–Trinajstić information content (AvgIpc) is 3.44. The molecule has 0 saturated heterocycles. The quantitative estimate of drug-likeness (QED) is 0.538. The Labute approximate surface area is 194 Å². The Kier molecular flexibility index (Phi) is 6.28. The van der Waals surface area contributed by atoms with Crippen LogP contribution in [0.15, 0.2) is 42.7 Å². The molecule has 0 saturated carbocycles. The van der Waals surface area contributed by atoms with Gasteiger partial charge in [-0.05, 0) is 74.6 Å². The van der Waals surface area contributed by atoms with Crippen LogP contribution in [0.2, 0.25) is 0 Å². The van der Waals surface area contributed by atoms with E-state index >= 15 is 0 Å². The van der Waals surface area contributed by atoms with E-state index in [1.54, 1.807) is 6.07 Å². The molecule has 1 unspecified atom stereocenters. The number of hydrogen-bond acceptors (Lipinski definition) is 5. The number of nitrogens with zero attached hydrogens (tertiary/aromatic N) is 3. The zero-order valence-corrected chi connectivity index (χ0v) is 19.0. The van der Waals surface area contributed by atoms with Crippen molar-refractivity contribution >= 4 is 11.6 Å². The first-order valence-electron chi connectivity index (χ1n) is 11.9. The lowest BCUT2D eigenvalue weighted by Gasteiger charge is -2.23. The number of aryl methyl sites for hydroxylation is 2. The molecule has 2 aromatic heterocycles. The lowest BCUT2D eigenvalue weighted by Crippen LogP contribution is -2.19. The second-order valence-electron chi connectivity index (χ2n) is 8.88. The summed E-state index contributed by atoms with van der Waals surface area (Å²) in [5, 5.41) is 7.77. The van der Waals surface area contributed by atoms with E-state index in [1.807, 2.05) is 30.6 Å². The van der Waals surface area contributed by atoms with E-state index in [9.17, 15) is 4.79 Å². The summed E-state index contributed by atoms with van der Waals surface area (Å²) in [7, 11) is 0. The van der Waals surface area contributed by atoms with Crippen LogP contribution in [0.1, 0.15) is 59.9 Å². The summed E-state index contributed by atoms with van der Waals surface area (Å²) in [6, 6.07) is 9.59. The van der Waals surface area contributed by atoms with Gasteiger partial charge in [-0.2, -0.15) is 5.10 Å². The number of ether oxygens (including phenoxy) is 2. The smallest absolute Gasteiger partial charge is 0.276 e. The Morgan fingerprint density at radius 2 is 2.15 bits per heavy atom. The van der Waals surface area contributed by atoms with E-state index in [-0.39, 0.29) is 12.7 Å². The van der Waals surface area contributed by atoms with E-state index in [4.69, 9.17) is 14.6 Å². The lowest BCUT2D eigenvalue weighted by molar-refractivity contribution is 0.102. The third kappa shape index (κ3) is 4.72. The minimum absolute atomic E-state index is 0.157. The maximum Gasteiger partial charge on any atom is 0.276 e. The SMILES string of the molecule is CCCn1nc(C(=O)Nc2ccc3c(c2)OCO3)c2c1CCC(CCCc1cccnc1)C2. The summed E-state index contributed by atoms with van der Waals surface area (Å²) in [6.07, 6.45) is 11.1. The Balaban J connectivity index is 1.29. The number of fused-ring (bicyclic) bond motifs is 2. The van der Waals surface area contributed by atoms with Crippen molar-refractivity contribution in [3.63, 3.8) is 0 Å². The van der Waals surface area contributed by atoms with Crippen LogP contribution < -0.4 is 14.8 Å². The number of nitrogens with one attached hydrogen (secondary N) is 1. The summed E-state index contributed by atoms with van der Waals surface area (Å²) < 4.78 is 12.9. The van der Waals surface area contributed by atoms with Crippen LogP contribution in [0, 0.1) is 5.92 Å². The van der Waals surface area contributed by atoms with Crippen LogP contribution in [0.5, 0.6) is 11.5 Å². The van der Waals surface area contributed by atoms with E-state index in [0.29, 0.717) is 28.8 Å². The Morgan fingerprint density at radius 3 is 3.00 bits per heavy atom. The normalized spacial score (nSPS) is 16.5. The zero-order chi connectivity index (χ0) is 22.6. The fourth-order valence-corrected chi connectivity index (χ4v) is 4.89. The second kappa shape index (κ2) is 9.65. The molecule has 1 aromatic carbocycles. The van der Waals surface area contributed by atoms with Crippen molar-refractivity contribution in [2.24, 2.45) is 5.92 Å². The summed E-state index contributed by atoms with van der Waals surface area (Å²) in [4.78, 5) is 17.5. The van der Waals surface area contributed by atoms with E-state index in [1.165, 1.54) is 11.3 Å². The molecule has 7 heteroatoms. The minimum Gasteiger partial charge on any atom is -0.454 e. The van der Waals surface area contributed by atoms with Gasteiger partial charge < -0.3 is 14.8 Å². The molecule has 3 heterocycles. The fourth-order valence-electron chi connectivity index (χ4n) is 4.89. The van der Waals surface area contributed by atoms with Gasteiger partial charge in [-0.1, -0.05) is 13.0 Å². The zero-order valence-electron chi connectivity index (χ0n) is 19.0. The highest BCUT2D eigenvalue weighted by molar-refractivity contribution is 6.04. The summed E-state index contributed by atoms with van der Waals surface area (Å²) >= 11 is 0. The number of amides is 1. The Bertz CT molecular complexity index is 1130. The number of hydrogen-bond donors (Lipinski definition) is 1. The first-order valence-corrected chi connectivity index (χ1v) is 11.9. The molecule has 1 aliphatic heterocycles. The number of anilines is 1. The van der Waals surface area contributed by atoms with Crippen LogP contribution in [-0.2, 0) is 25.8 Å². The first kappa shape index (κ1) is 21.5. The van der Waals surface area contributed by atoms with Crippen molar-refractivity contribution in [3.8, 4) is 11.5 Å². The number of carbonyl (C=O) groups is 1. The monoisotopic (exact) mass is 446 g/mol. The number of carbonyl (C=O) groups excluding carboxylic acids is 1. The first-order chi connectivity index (χ1) is 16.2. The maximum atomic E-state index is 13.2. The van der Waals surface area contributed by atoms with Crippen molar-refractivity contribution in [2.45, 2.75) is 58.4 Å². The predicted octanol–water partition coefficient (Wildman–Crippen LogP) is 4.80. The molecule has 33 heavy (non-hydrogen) atoms. The van der Waals surface area contributed by atoms with Crippen molar-refractivity contribution in [1.82, 2.24) is 14.8 Å². The van der Waals surface area contributed by atoms with Gasteiger partial charge in [0, 0.05) is 41.9 Å². The molecule has 5 rings (SSSR count). The van der Waals surface area contributed by atoms with Crippen LogP contribution in [0.4, 0.5) is 5.69 Å². The highest BCUT2D eigenvalue weighted by Crippen LogP contribution is 2.35. The second-order valence-corrected chi connectivity index (χ2v) is 8.88. The molecule has 1 aliphatic carbocycles. The van der Waals surface area contributed by atoms with E-state index in [0.717, 1.165) is 57.1 Å². The highest BCUT2D eigenvalue weighted by Gasteiger charge is 2.29. The van der Waals surface area contributed by atoms with Gasteiger partial charge in [0.1, 0.15) is 0 Å². The van der Waals surface area contributed by atoms with Crippen molar-refractivity contribution in [3.05, 3.63) is 65.2 Å². The predicted molar refractivity (Wildman–Crippen MR) is 126 cm³/mol. The van der Waals surface area contributed by atoms with Gasteiger partial charge in [0.2, 0.25) is 6.79 Å². The lowest BCUT2D eigenvalue weighted by atomic mass is 9.83. The molecule has 1 atom stereocenters. The maximum absolute atomic E-state index is 13.2. The number of benzene rings is 1. The molecular weight excluding hydrogens is 416 g/mol. The molecule has 0 spiro atoms. The third-order valence-corrected chi connectivity index (χ3v) is 6.53. The molecule has 7 nitrogen and oxygen atoms in total. The minimum atomic E-state index is -0.157. The van der Waals surface area contributed by atoms with Gasteiger partial charge in [-0.25, -0.2) is 0 Å². The highest BCUT2D eigenvalue weighted by atomic mass is 16.7. The molecular formula is C26H30N4O3. The Morgan fingerprint density at radius 1 is 1.24 bits per heavy atom. The van der Waals surface area contributed by atoms with Gasteiger partial charge in [0.05, 0.1) is 0 Å². The number of aromatic nitrogens is 3. The molecule has 0 radical (unpaired) electrons. The molecule has 0 fully saturated rings. The molecule has 3 aromatic rings. The van der Waals surface area contributed by atoms with E-state index < -0.39 is 0 Å². The molecule has 0 bridgehead atoms. The van der Waals surface area contributed by atoms with Crippen LogP contribution in [0.3, 0.4) is 0 Å². The molecule has 172 valence electrons. The van der Waals surface area contributed by atoms with Crippen LogP contribution in [0.25, 0.3) is 0 Å². The molecule has 2 aliphatic rings. The fraction of sp³-hybridized carbons (Fsp3) is 0.423. The topological polar surface area (TPSA) is 78.3 Å². The van der Waals surface area contributed by atoms with Gasteiger partial charge in [-0.15, -0.1) is 0 Å². The van der Waals surface area contributed by atoms with Gasteiger partial charge in [0.25, 0.3) is 5.91 Å². The van der Waals surface area contributed by atoms with Crippen molar-refractivity contribution in [1.29, 1.82) is 0 Å². The van der Waals surface area contributed by atoms with E-state index in [2.05, 4.69) is 28.0 Å². The molecule has 1 amide bonds. The summed E-state index contributed by atoms with van der Waals surface area (Å²) in [5.41, 5.74) is 4.89. The summed E-state index contributed by atoms with van der Waals surface area (Å²) in [5.74, 6) is 1.77. The molecule has 1 N–H and O–H groups in total.